The number of thiophene rings is 1. The number of halogens is 3. The first-order chi connectivity index (χ1) is 20.9. The number of methoxy groups -OCH3 is 1. The van der Waals surface area contributed by atoms with Gasteiger partial charge in [0.2, 0.25) is 5.91 Å². The number of amides is 1. The Balaban J connectivity index is 0.00000442. The summed E-state index contributed by atoms with van der Waals surface area (Å²) in [7, 11) is 1.67. The second-order valence-corrected chi connectivity index (χ2v) is 10.9. The van der Waals surface area contributed by atoms with Crippen molar-refractivity contribution < 1.29 is 23.0 Å². The van der Waals surface area contributed by atoms with E-state index in [0.29, 0.717) is 35.7 Å². The molecule has 5 aromatic rings. The first-order valence-electron chi connectivity index (χ1n) is 13.2. The maximum atomic E-state index is 15.0. The Kier molecular flexibility index (Phi) is 11.6. The highest BCUT2D eigenvalue weighted by Gasteiger charge is 2.14. The highest BCUT2D eigenvalue weighted by atomic mass is 35.5. The van der Waals surface area contributed by atoms with E-state index in [4.69, 9.17) is 21.7 Å². The normalized spacial score (nSPS) is 10.7. The van der Waals surface area contributed by atoms with E-state index in [9.17, 15) is 9.18 Å². The van der Waals surface area contributed by atoms with E-state index < -0.39 is 5.82 Å². The van der Waals surface area contributed by atoms with Gasteiger partial charge in [0.15, 0.2) is 16.7 Å². The molecule has 0 aliphatic heterocycles. The number of hydrogen-bond donors (Lipinski definition) is 3. The molecule has 2 aromatic carbocycles. The molecule has 3 N–H and O–H groups in total. The molecule has 0 saturated heterocycles. The van der Waals surface area contributed by atoms with Gasteiger partial charge >= 0.3 is 0 Å². The molecular formula is C31H28ClF2N5O3S2. The third kappa shape index (κ3) is 8.74. The summed E-state index contributed by atoms with van der Waals surface area (Å²) in [6.45, 7) is 2.10. The van der Waals surface area contributed by atoms with Gasteiger partial charge in [-0.15, -0.1) is 23.7 Å². The fourth-order valence-corrected chi connectivity index (χ4v) is 5.38. The fraction of sp³-hybridized carbons (Fsp3) is 0.161. The van der Waals surface area contributed by atoms with E-state index in [-0.39, 0.29) is 41.4 Å². The molecule has 3 heterocycles. The summed E-state index contributed by atoms with van der Waals surface area (Å²) in [5, 5.41) is 8.62. The zero-order valence-corrected chi connectivity index (χ0v) is 25.9. The molecule has 0 bridgehead atoms. The van der Waals surface area contributed by atoms with Crippen LogP contribution in [0.5, 0.6) is 11.5 Å². The van der Waals surface area contributed by atoms with Crippen molar-refractivity contribution in [1.82, 2.24) is 20.6 Å². The largest absolute Gasteiger partial charge is 0.453 e. The molecule has 44 heavy (non-hydrogen) atoms. The summed E-state index contributed by atoms with van der Waals surface area (Å²) >= 11 is 6.64. The second kappa shape index (κ2) is 15.6. The van der Waals surface area contributed by atoms with E-state index in [1.54, 1.807) is 25.4 Å². The number of nitrogens with zero attached hydrogens (tertiary/aromatic N) is 2. The Hall–Kier alpha value is -4.07. The van der Waals surface area contributed by atoms with Gasteiger partial charge in [0.25, 0.3) is 0 Å². The van der Waals surface area contributed by atoms with Gasteiger partial charge in [0.1, 0.15) is 11.6 Å². The van der Waals surface area contributed by atoms with E-state index in [1.165, 1.54) is 47.7 Å². The summed E-state index contributed by atoms with van der Waals surface area (Å²) < 4.78 is 39.9. The molecule has 0 radical (unpaired) electrons. The number of pyridine rings is 2. The van der Waals surface area contributed by atoms with Gasteiger partial charge < -0.3 is 25.4 Å². The van der Waals surface area contributed by atoms with Crippen LogP contribution in [0, 0.1) is 11.6 Å². The SMILES string of the molecule is COCCNCc1ccc(-c2cc3nccc(Oc4ccc(NC(=S)NC(=O)Cc5ccc(F)cc5)cc4F)c3s2)nc1.Cl. The molecule has 0 saturated carbocycles. The minimum absolute atomic E-state index is 0. The standard InChI is InChI=1S/C31H27F2N5O3S2.ClH/c1-40-13-12-34-17-20-4-8-24(36-18-20)28-16-25-30(43-28)27(10-11-35-25)41-26-9-7-22(15-23(26)33)37-31(42)38-29(39)14-19-2-5-21(32)6-3-19;/h2-11,15-16,18,34H,12-14,17H2,1H3,(H2,37,38,39,42);1H. The molecule has 0 spiro atoms. The van der Waals surface area contributed by atoms with Crippen LogP contribution in [-0.2, 0) is 22.5 Å². The Morgan fingerprint density at radius 1 is 0.977 bits per heavy atom. The number of nitrogens with one attached hydrogen (secondary N) is 3. The third-order valence-corrected chi connectivity index (χ3v) is 7.57. The Bertz CT molecular complexity index is 1740. The van der Waals surface area contributed by atoms with E-state index in [2.05, 4.69) is 25.9 Å². The van der Waals surface area contributed by atoms with Gasteiger partial charge in [-0.05, 0) is 59.7 Å². The van der Waals surface area contributed by atoms with Gasteiger partial charge in [-0.25, -0.2) is 8.78 Å². The van der Waals surface area contributed by atoms with Crippen LogP contribution < -0.4 is 20.7 Å². The van der Waals surface area contributed by atoms with E-state index >= 15 is 4.39 Å². The number of carbonyl (C=O) groups is 1. The fourth-order valence-electron chi connectivity index (χ4n) is 4.10. The lowest BCUT2D eigenvalue weighted by atomic mass is 10.1. The summed E-state index contributed by atoms with van der Waals surface area (Å²) in [5.41, 5.74) is 3.54. The van der Waals surface area contributed by atoms with Gasteiger partial charge in [0.05, 0.1) is 33.8 Å². The quantitative estimate of drug-likeness (QED) is 0.108. The molecule has 1 amide bonds. The predicted octanol–water partition coefficient (Wildman–Crippen LogP) is 6.64. The molecule has 13 heteroatoms. The highest BCUT2D eigenvalue weighted by molar-refractivity contribution is 7.80. The first-order valence-corrected chi connectivity index (χ1v) is 14.5. The lowest BCUT2D eigenvalue weighted by Crippen LogP contribution is -2.35. The van der Waals surface area contributed by atoms with E-state index in [0.717, 1.165) is 27.4 Å². The van der Waals surface area contributed by atoms with Crippen molar-refractivity contribution in [1.29, 1.82) is 0 Å². The predicted molar refractivity (Wildman–Crippen MR) is 175 cm³/mol. The molecule has 0 aliphatic rings. The molecule has 0 atom stereocenters. The van der Waals surface area contributed by atoms with Crippen molar-refractivity contribution in [3.63, 3.8) is 0 Å². The smallest absolute Gasteiger partial charge is 0.230 e. The van der Waals surface area contributed by atoms with Crippen LogP contribution in [0.3, 0.4) is 0 Å². The summed E-state index contributed by atoms with van der Waals surface area (Å²) in [6.07, 6.45) is 3.46. The summed E-state index contributed by atoms with van der Waals surface area (Å²) in [4.78, 5) is 22.2. The number of ether oxygens (including phenoxy) is 2. The number of thiocarbonyl (C=S) groups is 1. The molecule has 0 unspecified atom stereocenters. The maximum Gasteiger partial charge on any atom is 0.230 e. The van der Waals surface area contributed by atoms with Crippen LogP contribution in [0.4, 0.5) is 14.5 Å². The van der Waals surface area contributed by atoms with Gasteiger partial charge in [-0.1, -0.05) is 18.2 Å². The lowest BCUT2D eigenvalue weighted by molar-refractivity contribution is -0.119. The minimum Gasteiger partial charge on any atom is -0.453 e. The average Bonchev–Trinajstić information content (AvgIpc) is 3.44. The zero-order chi connectivity index (χ0) is 30.2. The van der Waals surface area contributed by atoms with Crippen LogP contribution in [-0.4, -0.2) is 41.2 Å². The number of aromatic nitrogens is 2. The number of carbonyl (C=O) groups excluding carboxylic acids is 1. The minimum atomic E-state index is -0.622. The molecule has 0 fully saturated rings. The van der Waals surface area contributed by atoms with Gasteiger partial charge in [0, 0.05) is 50.4 Å². The number of fused-ring (bicyclic) bond motifs is 1. The number of anilines is 1. The van der Waals surface area contributed by atoms with Crippen molar-refractivity contribution in [3.05, 3.63) is 102 Å². The number of benzene rings is 2. The van der Waals surface area contributed by atoms with Crippen molar-refractivity contribution in [3.8, 4) is 22.1 Å². The van der Waals surface area contributed by atoms with Crippen LogP contribution in [0.25, 0.3) is 20.8 Å². The summed E-state index contributed by atoms with van der Waals surface area (Å²) in [5.74, 6) is -0.914. The Morgan fingerprint density at radius 2 is 1.77 bits per heavy atom. The number of hydrogen-bond acceptors (Lipinski definition) is 8. The maximum absolute atomic E-state index is 15.0. The number of rotatable bonds is 11. The van der Waals surface area contributed by atoms with Crippen LogP contribution >= 0.6 is 36.0 Å². The molecule has 3 aromatic heterocycles. The zero-order valence-electron chi connectivity index (χ0n) is 23.4. The van der Waals surface area contributed by atoms with Crippen molar-refractivity contribution in [2.45, 2.75) is 13.0 Å². The van der Waals surface area contributed by atoms with E-state index in [1.807, 2.05) is 24.4 Å². The van der Waals surface area contributed by atoms with Crippen LogP contribution in [0.15, 0.2) is 79.1 Å². The highest BCUT2D eigenvalue weighted by Crippen LogP contribution is 2.39. The monoisotopic (exact) mass is 655 g/mol. The van der Waals surface area contributed by atoms with Gasteiger partial charge in [-0.2, -0.15) is 0 Å². The molecular weight excluding hydrogens is 628 g/mol. The third-order valence-electron chi connectivity index (χ3n) is 6.21. The average molecular weight is 656 g/mol. The molecule has 0 aliphatic carbocycles. The summed E-state index contributed by atoms with van der Waals surface area (Å²) in [6, 6.07) is 17.5. The van der Waals surface area contributed by atoms with Crippen molar-refractivity contribution in [2.75, 3.05) is 25.6 Å². The topological polar surface area (TPSA) is 97.4 Å². The van der Waals surface area contributed by atoms with Crippen LogP contribution in [0.2, 0.25) is 0 Å². The molecule has 228 valence electrons. The second-order valence-electron chi connectivity index (χ2n) is 9.41. The van der Waals surface area contributed by atoms with Crippen molar-refractivity contribution in [2.24, 2.45) is 0 Å². The molecule has 5 rings (SSSR count). The Labute approximate surface area is 268 Å². The first kappa shape index (κ1) is 32.8. The lowest BCUT2D eigenvalue weighted by Gasteiger charge is -2.12. The van der Waals surface area contributed by atoms with Crippen LogP contribution in [0.1, 0.15) is 11.1 Å². The molecule has 8 nitrogen and oxygen atoms in total. The van der Waals surface area contributed by atoms with Crippen molar-refractivity contribution >= 4 is 62.9 Å². The Morgan fingerprint density at radius 3 is 2.50 bits per heavy atom. The van der Waals surface area contributed by atoms with Gasteiger partial charge in [-0.3, -0.25) is 14.8 Å².